The zero-order valence-corrected chi connectivity index (χ0v) is 23.2. The lowest BCUT2D eigenvalue weighted by molar-refractivity contribution is -0.00835. The van der Waals surface area contributed by atoms with Crippen molar-refractivity contribution >= 4 is 17.2 Å². The minimum Gasteiger partial charge on any atom is -0.381 e. The van der Waals surface area contributed by atoms with Crippen LogP contribution < -0.4 is 10.6 Å². The van der Waals surface area contributed by atoms with Crippen LogP contribution >= 0.6 is 0 Å². The summed E-state index contributed by atoms with van der Waals surface area (Å²) < 4.78 is 28.4. The van der Waals surface area contributed by atoms with E-state index in [4.69, 9.17) is 0 Å². The molecule has 3 aromatic rings. The number of hydrogen-bond donors (Lipinski definition) is 2. The van der Waals surface area contributed by atoms with Gasteiger partial charge in [-0.2, -0.15) is 0 Å². The highest BCUT2D eigenvalue weighted by Gasteiger charge is 2.28. The summed E-state index contributed by atoms with van der Waals surface area (Å²) in [7, 11) is 0. The van der Waals surface area contributed by atoms with Crippen molar-refractivity contribution in [2.24, 2.45) is 0 Å². The van der Waals surface area contributed by atoms with Gasteiger partial charge in [0.2, 0.25) is 0 Å². The minimum atomic E-state index is -2.82. The third kappa shape index (κ3) is 6.93. The van der Waals surface area contributed by atoms with E-state index in [-0.39, 0.29) is 17.9 Å². The summed E-state index contributed by atoms with van der Waals surface area (Å²) in [4.78, 5) is 14.7. The van der Waals surface area contributed by atoms with E-state index in [1.54, 1.807) is 12.1 Å². The van der Waals surface area contributed by atoms with Crippen molar-refractivity contribution in [3.05, 3.63) is 106 Å². The molecule has 0 aromatic heterocycles. The van der Waals surface area contributed by atoms with Crippen LogP contribution in [0.1, 0.15) is 72.6 Å². The molecule has 1 aliphatic rings. The summed E-state index contributed by atoms with van der Waals surface area (Å²) >= 11 is 0. The summed E-state index contributed by atoms with van der Waals surface area (Å²) in [6.07, 6.45) is 1.71. The Balaban J connectivity index is 1.60. The number of piperidine rings is 1. The van der Waals surface area contributed by atoms with Gasteiger partial charge in [0.25, 0.3) is 11.8 Å². The van der Waals surface area contributed by atoms with Gasteiger partial charge in [0.1, 0.15) is 0 Å². The first kappa shape index (κ1) is 28.5. The summed E-state index contributed by atoms with van der Waals surface area (Å²) in [5, 5.41) is 6.87. The largest absolute Gasteiger partial charge is 0.381 e. The topological polar surface area (TPSA) is 44.4 Å². The van der Waals surface area contributed by atoms with Gasteiger partial charge in [-0.3, -0.25) is 4.79 Å². The van der Waals surface area contributed by atoms with Crippen LogP contribution in [-0.4, -0.2) is 37.0 Å². The minimum absolute atomic E-state index is 0.0505. The van der Waals surface area contributed by atoms with Crippen molar-refractivity contribution < 1.29 is 13.6 Å². The second kappa shape index (κ2) is 13.0. The van der Waals surface area contributed by atoms with Gasteiger partial charge in [-0.15, -0.1) is 0 Å². The molecule has 1 heterocycles. The van der Waals surface area contributed by atoms with Gasteiger partial charge >= 0.3 is 0 Å². The van der Waals surface area contributed by atoms with Crippen molar-refractivity contribution in [2.75, 3.05) is 31.5 Å². The highest BCUT2D eigenvalue weighted by atomic mass is 19.3. The number of nitrogens with zero attached hydrogens (tertiary/aromatic N) is 1. The van der Waals surface area contributed by atoms with Gasteiger partial charge in [-0.1, -0.05) is 55.0 Å². The Bertz CT molecular complexity index is 1290. The number of benzene rings is 3. The Labute approximate surface area is 231 Å². The Morgan fingerprint density at radius 3 is 2.21 bits per heavy atom. The Morgan fingerprint density at radius 1 is 0.872 bits per heavy atom. The van der Waals surface area contributed by atoms with Gasteiger partial charge in [0, 0.05) is 42.9 Å². The van der Waals surface area contributed by atoms with Crippen molar-refractivity contribution in [3.63, 3.8) is 0 Å². The molecule has 0 aliphatic carbocycles. The number of amides is 1. The first-order valence-electron chi connectivity index (χ1n) is 14.0. The SMILES string of the molecule is CCN(CC)C(=O)c1ccc(C(=C2CCNCC2)c2cccc(NCc3cccc(C(F)(F)CC)c3)c2)cc1. The third-order valence-corrected chi connectivity index (χ3v) is 7.47. The van der Waals surface area contributed by atoms with Crippen LogP contribution in [0.4, 0.5) is 14.5 Å². The van der Waals surface area contributed by atoms with Crippen LogP contribution in [0.2, 0.25) is 0 Å². The molecule has 39 heavy (non-hydrogen) atoms. The van der Waals surface area contributed by atoms with Gasteiger partial charge in [0.15, 0.2) is 0 Å². The molecule has 206 valence electrons. The third-order valence-electron chi connectivity index (χ3n) is 7.47. The molecule has 0 unspecified atom stereocenters. The number of anilines is 1. The normalized spacial score (nSPS) is 13.7. The fourth-order valence-electron chi connectivity index (χ4n) is 5.13. The second-order valence-corrected chi connectivity index (χ2v) is 9.98. The predicted octanol–water partition coefficient (Wildman–Crippen LogP) is 7.47. The number of halogens is 2. The van der Waals surface area contributed by atoms with Crippen molar-refractivity contribution in [2.45, 2.75) is 52.5 Å². The smallest absolute Gasteiger partial charge is 0.273 e. The second-order valence-electron chi connectivity index (χ2n) is 9.98. The number of alkyl halides is 2. The van der Waals surface area contributed by atoms with E-state index < -0.39 is 5.92 Å². The predicted molar refractivity (Wildman–Crippen MR) is 156 cm³/mol. The van der Waals surface area contributed by atoms with Crippen LogP contribution in [0.25, 0.3) is 5.57 Å². The average molecular weight is 532 g/mol. The molecule has 4 rings (SSSR count). The van der Waals surface area contributed by atoms with Crippen LogP contribution in [0.15, 0.2) is 78.4 Å². The van der Waals surface area contributed by atoms with E-state index in [2.05, 4.69) is 34.9 Å². The number of carbonyl (C=O) groups is 1. The quantitative estimate of drug-likeness (QED) is 0.285. The van der Waals surface area contributed by atoms with Gasteiger partial charge < -0.3 is 15.5 Å². The van der Waals surface area contributed by atoms with Crippen LogP contribution in [0.3, 0.4) is 0 Å². The van der Waals surface area contributed by atoms with E-state index in [0.29, 0.717) is 25.2 Å². The molecule has 0 radical (unpaired) electrons. The monoisotopic (exact) mass is 531 g/mol. The van der Waals surface area contributed by atoms with Gasteiger partial charge in [0.05, 0.1) is 0 Å². The molecule has 4 nitrogen and oxygen atoms in total. The van der Waals surface area contributed by atoms with E-state index >= 15 is 0 Å². The molecule has 1 fully saturated rings. The summed E-state index contributed by atoms with van der Waals surface area (Å²) in [5.74, 6) is -2.77. The number of hydrogen-bond acceptors (Lipinski definition) is 3. The van der Waals surface area contributed by atoms with Crippen LogP contribution in [0, 0.1) is 0 Å². The Morgan fingerprint density at radius 2 is 1.54 bits per heavy atom. The van der Waals surface area contributed by atoms with Crippen LogP contribution in [0.5, 0.6) is 0 Å². The zero-order chi connectivity index (χ0) is 27.8. The molecular weight excluding hydrogens is 492 g/mol. The standard InChI is InChI=1S/C33H39F2N3O/c1-4-33(34,35)29-11-7-9-24(21-29)23-37-30-12-8-10-28(22-30)31(26-17-19-36-20-18-26)25-13-15-27(16-14-25)32(39)38(5-2)6-3/h7-16,21-22,36-37H,4-6,17-20,23H2,1-3H3. The first-order valence-corrected chi connectivity index (χ1v) is 14.0. The molecular formula is C33H39F2N3O. The van der Waals surface area contributed by atoms with E-state index in [0.717, 1.165) is 48.3 Å². The van der Waals surface area contributed by atoms with E-state index in [1.165, 1.54) is 24.1 Å². The molecule has 3 aromatic carbocycles. The molecule has 6 heteroatoms. The van der Waals surface area contributed by atoms with Crippen molar-refractivity contribution in [1.82, 2.24) is 10.2 Å². The summed E-state index contributed by atoms with van der Waals surface area (Å²) in [6.45, 7) is 9.19. The zero-order valence-electron chi connectivity index (χ0n) is 23.2. The van der Waals surface area contributed by atoms with E-state index in [9.17, 15) is 13.6 Å². The van der Waals surface area contributed by atoms with Gasteiger partial charge in [-0.05, 0) is 92.4 Å². The maximum absolute atomic E-state index is 14.2. The lowest BCUT2D eigenvalue weighted by Gasteiger charge is -2.22. The van der Waals surface area contributed by atoms with Gasteiger partial charge in [-0.25, -0.2) is 8.78 Å². The van der Waals surface area contributed by atoms with Crippen LogP contribution in [-0.2, 0) is 12.5 Å². The lowest BCUT2D eigenvalue weighted by Crippen LogP contribution is -2.30. The lowest BCUT2D eigenvalue weighted by atomic mass is 9.88. The number of carbonyl (C=O) groups excluding carboxylic acids is 1. The first-order chi connectivity index (χ1) is 18.9. The number of nitrogens with one attached hydrogen (secondary N) is 2. The highest BCUT2D eigenvalue weighted by molar-refractivity contribution is 5.95. The van der Waals surface area contributed by atoms with Crippen molar-refractivity contribution in [1.29, 1.82) is 0 Å². The molecule has 2 N–H and O–H groups in total. The molecule has 0 atom stereocenters. The fourth-order valence-corrected chi connectivity index (χ4v) is 5.13. The molecule has 0 saturated carbocycles. The molecule has 0 bridgehead atoms. The summed E-state index contributed by atoms with van der Waals surface area (Å²) in [6, 6.07) is 22.9. The molecule has 1 aliphatic heterocycles. The summed E-state index contributed by atoms with van der Waals surface area (Å²) in [5.41, 5.74) is 7.29. The maximum atomic E-state index is 14.2. The van der Waals surface area contributed by atoms with Crippen molar-refractivity contribution in [3.8, 4) is 0 Å². The average Bonchev–Trinajstić information content (AvgIpc) is 2.98. The fraction of sp³-hybridized carbons (Fsp3) is 0.364. The Hall–Kier alpha value is -3.51. The maximum Gasteiger partial charge on any atom is 0.273 e. The van der Waals surface area contributed by atoms with E-state index in [1.807, 2.05) is 49.1 Å². The highest BCUT2D eigenvalue weighted by Crippen LogP contribution is 2.34. The Kier molecular flexibility index (Phi) is 9.52. The number of rotatable bonds is 10. The molecule has 1 saturated heterocycles. The molecule has 0 spiro atoms. The molecule has 1 amide bonds.